The predicted octanol–water partition coefficient (Wildman–Crippen LogP) is 3.03. The largest absolute Gasteiger partial charge is 0.497 e. The molecule has 1 atom stereocenters. The molecule has 1 fully saturated rings. The van der Waals surface area contributed by atoms with E-state index in [9.17, 15) is 4.79 Å². The van der Waals surface area contributed by atoms with Gasteiger partial charge in [-0.1, -0.05) is 18.2 Å². The van der Waals surface area contributed by atoms with Crippen molar-refractivity contribution in [1.82, 2.24) is 20.4 Å². The number of ether oxygens (including phenoxy) is 1. The molecule has 6 nitrogen and oxygen atoms in total. The number of nitrogens with zero attached hydrogens (tertiary/aromatic N) is 2. The van der Waals surface area contributed by atoms with Crippen LogP contribution in [0.3, 0.4) is 0 Å². The van der Waals surface area contributed by atoms with Gasteiger partial charge in [-0.25, -0.2) is 4.68 Å². The van der Waals surface area contributed by atoms with E-state index in [4.69, 9.17) is 4.74 Å². The normalized spacial score (nSPS) is 16.5. The second-order valence-corrected chi connectivity index (χ2v) is 6.91. The van der Waals surface area contributed by atoms with E-state index in [2.05, 4.69) is 15.7 Å². The van der Waals surface area contributed by atoms with Gasteiger partial charge in [0.15, 0.2) is 5.69 Å². The number of para-hydroxylation sites is 1. The summed E-state index contributed by atoms with van der Waals surface area (Å²) in [5.74, 6) is 0.649. The Bertz CT molecular complexity index is 929. The lowest BCUT2D eigenvalue weighted by Gasteiger charge is -2.23. The molecule has 1 aromatic heterocycles. The number of rotatable bonds is 5. The number of hydrogen-bond donors (Lipinski definition) is 2. The third kappa shape index (κ3) is 3.92. The summed E-state index contributed by atoms with van der Waals surface area (Å²) in [6, 6.07) is 19.6. The first-order valence-corrected chi connectivity index (χ1v) is 9.56. The minimum Gasteiger partial charge on any atom is -0.497 e. The number of nitrogens with one attached hydrogen (secondary N) is 2. The van der Waals surface area contributed by atoms with Gasteiger partial charge in [0, 0.05) is 18.2 Å². The molecule has 1 saturated heterocycles. The molecular formula is C22H24N4O2. The van der Waals surface area contributed by atoms with Crippen molar-refractivity contribution in [3.05, 3.63) is 66.4 Å². The van der Waals surface area contributed by atoms with Crippen molar-refractivity contribution in [2.45, 2.75) is 18.9 Å². The maximum atomic E-state index is 12.8. The van der Waals surface area contributed by atoms with Crippen LogP contribution in [0.1, 0.15) is 23.3 Å². The Morgan fingerprint density at radius 1 is 1.18 bits per heavy atom. The van der Waals surface area contributed by atoms with Gasteiger partial charge in [-0.2, -0.15) is 5.10 Å². The molecule has 1 aliphatic rings. The number of benzene rings is 2. The molecule has 3 aromatic rings. The van der Waals surface area contributed by atoms with Crippen LogP contribution in [0, 0.1) is 0 Å². The number of hydrogen-bond acceptors (Lipinski definition) is 4. The van der Waals surface area contributed by atoms with E-state index < -0.39 is 0 Å². The molecule has 0 spiro atoms. The Labute approximate surface area is 164 Å². The van der Waals surface area contributed by atoms with Gasteiger partial charge in [0.1, 0.15) is 5.75 Å². The molecule has 2 N–H and O–H groups in total. The molecule has 1 amide bonds. The molecule has 2 heterocycles. The van der Waals surface area contributed by atoms with E-state index >= 15 is 0 Å². The standard InChI is InChI=1S/C22H24N4O2/c1-28-19-11-9-16(10-12-19)21-14-20(22(27)24-17-6-5-13-23-15-17)25-26(21)18-7-3-2-4-8-18/h2-4,7-12,14,17,23H,5-6,13,15H2,1H3,(H,24,27)/t17-/m0/s1. The fraction of sp³-hybridized carbons (Fsp3) is 0.273. The van der Waals surface area contributed by atoms with Crippen molar-refractivity contribution in [3.8, 4) is 22.7 Å². The predicted molar refractivity (Wildman–Crippen MR) is 109 cm³/mol. The fourth-order valence-corrected chi connectivity index (χ4v) is 3.46. The zero-order chi connectivity index (χ0) is 19.3. The zero-order valence-corrected chi connectivity index (χ0v) is 15.9. The van der Waals surface area contributed by atoms with Gasteiger partial charge in [0.05, 0.1) is 18.5 Å². The van der Waals surface area contributed by atoms with Crippen molar-refractivity contribution >= 4 is 5.91 Å². The molecule has 144 valence electrons. The Balaban J connectivity index is 1.68. The summed E-state index contributed by atoms with van der Waals surface area (Å²) in [4.78, 5) is 12.8. The summed E-state index contributed by atoms with van der Waals surface area (Å²) in [7, 11) is 1.64. The third-order valence-corrected chi connectivity index (χ3v) is 4.96. The van der Waals surface area contributed by atoms with Crippen molar-refractivity contribution in [3.63, 3.8) is 0 Å². The molecule has 2 aromatic carbocycles. The van der Waals surface area contributed by atoms with Crippen molar-refractivity contribution in [1.29, 1.82) is 0 Å². The number of methoxy groups -OCH3 is 1. The quantitative estimate of drug-likeness (QED) is 0.718. The maximum absolute atomic E-state index is 12.8. The Hall–Kier alpha value is -3.12. The Kier molecular flexibility index (Phi) is 5.39. The van der Waals surface area contributed by atoms with Gasteiger partial charge in [-0.15, -0.1) is 0 Å². The van der Waals surface area contributed by atoms with Crippen LogP contribution >= 0.6 is 0 Å². The number of amides is 1. The zero-order valence-electron chi connectivity index (χ0n) is 15.9. The molecule has 1 aliphatic heterocycles. The molecule has 0 aliphatic carbocycles. The minimum atomic E-state index is -0.141. The van der Waals surface area contributed by atoms with Crippen molar-refractivity contribution in [2.75, 3.05) is 20.2 Å². The van der Waals surface area contributed by atoms with Crippen molar-refractivity contribution < 1.29 is 9.53 Å². The topological polar surface area (TPSA) is 68.2 Å². The smallest absolute Gasteiger partial charge is 0.272 e. The van der Waals surface area contributed by atoms with E-state index in [0.717, 1.165) is 48.6 Å². The average Bonchev–Trinajstić information content (AvgIpc) is 3.21. The molecular weight excluding hydrogens is 352 g/mol. The summed E-state index contributed by atoms with van der Waals surface area (Å²) in [6.45, 7) is 1.81. The van der Waals surface area contributed by atoms with Crippen LogP contribution in [0.15, 0.2) is 60.7 Å². The lowest BCUT2D eigenvalue weighted by Crippen LogP contribution is -2.45. The fourth-order valence-electron chi connectivity index (χ4n) is 3.46. The molecule has 0 radical (unpaired) electrons. The van der Waals surface area contributed by atoms with E-state index in [1.165, 1.54) is 0 Å². The van der Waals surface area contributed by atoms with Crippen LogP contribution in [0.2, 0.25) is 0 Å². The number of piperidine rings is 1. The summed E-state index contributed by atoms with van der Waals surface area (Å²) in [6.07, 6.45) is 2.06. The first-order chi connectivity index (χ1) is 13.7. The van der Waals surface area contributed by atoms with Crippen LogP contribution < -0.4 is 15.4 Å². The van der Waals surface area contributed by atoms with E-state index in [1.54, 1.807) is 7.11 Å². The van der Waals surface area contributed by atoms with E-state index in [1.807, 2.05) is 65.3 Å². The molecule has 4 rings (SSSR count). The van der Waals surface area contributed by atoms with E-state index in [0.29, 0.717) is 5.69 Å². The molecule has 28 heavy (non-hydrogen) atoms. The van der Waals surface area contributed by atoms with Crippen LogP contribution in [0.25, 0.3) is 16.9 Å². The third-order valence-electron chi connectivity index (χ3n) is 4.96. The van der Waals surface area contributed by atoms with Gasteiger partial charge >= 0.3 is 0 Å². The monoisotopic (exact) mass is 376 g/mol. The summed E-state index contributed by atoms with van der Waals surface area (Å²) < 4.78 is 7.07. The highest BCUT2D eigenvalue weighted by Crippen LogP contribution is 2.26. The van der Waals surface area contributed by atoms with E-state index in [-0.39, 0.29) is 11.9 Å². The molecule has 0 bridgehead atoms. The Morgan fingerprint density at radius 3 is 2.64 bits per heavy atom. The molecule has 6 heteroatoms. The van der Waals surface area contributed by atoms with Crippen LogP contribution in [0.5, 0.6) is 5.75 Å². The van der Waals surface area contributed by atoms with Gasteiger partial charge < -0.3 is 15.4 Å². The molecule has 0 saturated carbocycles. The lowest BCUT2D eigenvalue weighted by atomic mass is 10.1. The van der Waals surface area contributed by atoms with Crippen LogP contribution in [0.4, 0.5) is 0 Å². The van der Waals surface area contributed by atoms with Crippen LogP contribution in [-0.4, -0.2) is 41.9 Å². The first-order valence-electron chi connectivity index (χ1n) is 9.56. The number of carbonyl (C=O) groups excluding carboxylic acids is 1. The average molecular weight is 376 g/mol. The minimum absolute atomic E-state index is 0.141. The van der Waals surface area contributed by atoms with Gasteiger partial charge in [0.2, 0.25) is 0 Å². The summed E-state index contributed by atoms with van der Waals surface area (Å²) in [5, 5.41) is 11.0. The highest BCUT2D eigenvalue weighted by Gasteiger charge is 2.20. The van der Waals surface area contributed by atoms with Gasteiger partial charge in [-0.3, -0.25) is 4.79 Å². The second kappa shape index (κ2) is 8.27. The molecule has 0 unspecified atom stereocenters. The van der Waals surface area contributed by atoms with Gasteiger partial charge in [0.25, 0.3) is 5.91 Å². The lowest BCUT2D eigenvalue weighted by molar-refractivity contribution is 0.0925. The SMILES string of the molecule is COc1ccc(-c2cc(C(=O)N[C@H]3CCCNC3)nn2-c2ccccc2)cc1. The number of aromatic nitrogens is 2. The highest BCUT2D eigenvalue weighted by molar-refractivity contribution is 5.93. The van der Waals surface area contributed by atoms with Gasteiger partial charge in [-0.05, 0) is 61.9 Å². The van der Waals surface area contributed by atoms with Crippen LogP contribution in [-0.2, 0) is 0 Å². The maximum Gasteiger partial charge on any atom is 0.272 e. The summed E-state index contributed by atoms with van der Waals surface area (Å²) in [5.41, 5.74) is 3.16. The highest BCUT2D eigenvalue weighted by atomic mass is 16.5. The Morgan fingerprint density at radius 2 is 1.96 bits per heavy atom. The van der Waals surface area contributed by atoms with Crippen molar-refractivity contribution in [2.24, 2.45) is 0 Å². The summed E-state index contributed by atoms with van der Waals surface area (Å²) >= 11 is 0. The second-order valence-electron chi connectivity index (χ2n) is 6.91. The number of carbonyl (C=O) groups is 1. The first kappa shape index (κ1) is 18.3.